The molecule has 3 aliphatic rings. The molecule has 1 amide bonds. The van der Waals surface area contributed by atoms with Crippen molar-refractivity contribution in [1.29, 1.82) is 0 Å². The number of fused-ring (bicyclic) bond motifs is 1. The van der Waals surface area contributed by atoms with E-state index in [-0.39, 0.29) is 5.91 Å². The molecule has 2 fully saturated rings. The van der Waals surface area contributed by atoms with Crippen LogP contribution in [0.2, 0.25) is 0 Å². The van der Waals surface area contributed by atoms with E-state index in [0.29, 0.717) is 19.0 Å². The molecule has 0 bridgehead atoms. The topological polar surface area (TPSA) is 61.4 Å². The van der Waals surface area contributed by atoms with E-state index in [1.165, 1.54) is 38.5 Å². The zero-order chi connectivity index (χ0) is 17.8. The Kier molecular flexibility index (Phi) is 5.80. The van der Waals surface area contributed by atoms with Gasteiger partial charge in [-0.25, -0.2) is 9.97 Å². The van der Waals surface area contributed by atoms with Crippen molar-refractivity contribution in [1.82, 2.24) is 25.1 Å². The van der Waals surface area contributed by atoms with Crippen LogP contribution in [0.5, 0.6) is 0 Å². The van der Waals surface area contributed by atoms with Crippen LogP contribution in [0.25, 0.3) is 0 Å². The second-order valence-electron chi connectivity index (χ2n) is 8.00. The number of aromatic nitrogens is 2. The molecule has 4 heterocycles. The lowest BCUT2D eigenvalue weighted by atomic mass is 9.98. The first-order chi connectivity index (χ1) is 12.8. The first-order valence-corrected chi connectivity index (χ1v) is 10.3. The predicted octanol–water partition coefficient (Wildman–Crippen LogP) is 1.70. The van der Waals surface area contributed by atoms with Crippen molar-refractivity contribution in [2.45, 2.75) is 57.4 Å². The average Bonchev–Trinajstić information content (AvgIpc) is 2.96. The zero-order valence-electron chi connectivity index (χ0n) is 15.8. The first-order valence-electron chi connectivity index (χ1n) is 10.3. The molecule has 0 aromatic carbocycles. The van der Waals surface area contributed by atoms with Crippen molar-refractivity contribution in [2.75, 3.05) is 39.3 Å². The second-order valence-corrected chi connectivity index (χ2v) is 8.00. The first kappa shape index (κ1) is 17.9. The van der Waals surface area contributed by atoms with E-state index in [1.807, 2.05) is 11.1 Å². The van der Waals surface area contributed by atoms with Crippen molar-refractivity contribution in [3.63, 3.8) is 0 Å². The Bertz CT molecular complexity index is 621. The van der Waals surface area contributed by atoms with Gasteiger partial charge in [0, 0.05) is 43.7 Å². The fourth-order valence-corrected chi connectivity index (χ4v) is 4.40. The third-order valence-corrected chi connectivity index (χ3v) is 6.02. The van der Waals surface area contributed by atoms with E-state index in [9.17, 15) is 4.79 Å². The molecule has 26 heavy (non-hydrogen) atoms. The summed E-state index contributed by atoms with van der Waals surface area (Å²) in [6.07, 6.45) is 10.3. The number of amides is 1. The molecule has 1 atom stereocenters. The zero-order valence-corrected chi connectivity index (χ0v) is 15.8. The highest BCUT2D eigenvalue weighted by Gasteiger charge is 2.25. The van der Waals surface area contributed by atoms with Gasteiger partial charge in [0.2, 0.25) is 5.91 Å². The molecule has 0 saturated carbocycles. The number of piperidine rings is 1. The highest BCUT2D eigenvalue weighted by Crippen LogP contribution is 2.23. The Labute approximate surface area is 156 Å². The molecule has 1 unspecified atom stereocenters. The van der Waals surface area contributed by atoms with Gasteiger partial charge in [-0.05, 0) is 45.3 Å². The van der Waals surface area contributed by atoms with Crippen LogP contribution < -0.4 is 5.32 Å². The number of rotatable bonds is 3. The van der Waals surface area contributed by atoms with Crippen molar-refractivity contribution >= 4 is 5.91 Å². The Morgan fingerprint density at radius 1 is 1.15 bits per heavy atom. The third kappa shape index (κ3) is 4.23. The SMILES string of the molecule is O=C(CN1CCCCCC1)N1CCc2nc(C3CCCNC3)ncc2C1. The molecular weight excluding hydrogens is 326 g/mol. The van der Waals surface area contributed by atoms with Gasteiger partial charge >= 0.3 is 0 Å². The summed E-state index contributed by atoms with van der Waals surface area (Å²) in [5.41, 5.74) is 2.28. The average molecular weight is 358 g/mol. The number of nitrogens with one attached hydrogen (secondary N) is 1. The molecule has 6 heteroatoms. The Morgan fingerprint density at radius 2 is 2.00 bits per heavy atom. The fourth-order valence-electron chi connectivity index (χ4n) is 4.40. The smallest absolute Gasteiger partial charge is 0.237 e. The molecular formula is C20H31N5O. The van der Waals surface area contributed by atoms with Crippen LogP contribution in [0.4, 0.5) is 0 Å². The van der Waals surface area contributed by atoms with Gasteiger partial charge in [-0.15, -0.1) is 0 Å². The van der Waals surface area contributed by atoms with Crippen LogP contribution in [-0.4, -0.2) is 64.9 Å². The summed E-state index contributed by atoms with van der Waals surface area (Å²) in [6, 6.07) is 0. The summed E-state index contributed by atoms with van der Waals surface area (Å²) in [7, 11) is 0. The highest BCUT2D eigenvalue weighted by atomic mass is 16.2. The van der Waals surface area contributed by atoms with Gasteiger partial charge in [-0.3, -0.25) is 9.69 Å². The van der Waals surface area contributed by atoms with E-state index in [0.717, 1.165) is 56.2 Å². The summed E-state index contributed by atoms with van der Waals surface area (Å²) in [4.78, 5) is 26.6. The van der Waals surface area contributed by atoms with Crippen LogP contribution in [0.15, 0.2) is 6.20 Å². The van der Waals surface area contributed by atoms with Gasteiger partial charge in [0.1, 0.15) is 5.82 Å². The molecule has 1 aromatic rings. The summed E-state index contributed by atoms with van der Waals surface area (Å²) >= 11 is 0. The monoisotopic (exact) mass is 357 g/mol. The van der Waals surface area contributed by atoms with Crippen LogP contribution in [0.1, 0.15) is 61.5 Å². The number of likely N-dealkylation sites (tertiary alicyclic amines) is 1. The minimum absolute atomic E-state index is 0.262. The van der Waals surface area contributed by atoms with Crippen LogP contribution in [0, 0.1) is 0 Å². The van der Waals surface area contributed by atoms with Gasteiger partial charge in [-0.1, -0.05) is 12.8 Å². The van der Waals surface area contributed by atoms with E-state index in [1.54, 1.807) is 0 Å². The Morgan fingerprint density at radius 3 is 2.77 bits per heavy atom. The lowest BCUT2D eigenvalue weighted by molar-refractivity contribution is -0.133. The van der Waals surface area contributed by atoms with Crippen LogP contribution in [0.3, 0.4) is 0 Å². The van der Waals surface area contributed by atoms with Gasteiger partial charge < -0.3 is 10.2 Å². The molecule has 4 rings (SSSR count). The van der Waals surface area contributed by atoms with Gasteiger partial charge in [0.25, 0.3) is 0 Å². The minimum Gasteiger partial charge on any atom is -0.337 e. The van der Waals surface area contributed by atoms with Crippen LogP contribution >= 0.6 is 0 Å². The maximum absolute atomic E-state index is 12.7. The molecule has 1 N–H and O–H groups in total. The molecule has 1 aromatic heterocycles. The highest BCUT2D eigenvalue weighted by molar-refractivity contribution is 5.78. The molecule has 0 aliphatic carbocycles. The van der Waals surface area contributed by atoms with Crippen molar-refractivity contribution in [3.05, 3.63) is 23.3 Å². The van der Waals surface area contributed by atoms with Crippen molar-refractivity contribution < 1.29 is 4.79 Å². The van der Waals surface area contributed by atoms with Crippen molar-refractivity contribution in [2.24, 2.45) is 0 Å². The summed E-state index contributed by atoms with van der Waals surface area (Å²) in [5.74, 6) is 1.69. The fraction of sp³-hybridized carbons (Fsp3) is 0.750. The summed E-state index contributed by atoms with van der Waals surface area (Å²) in [6.45, 7) is 6.26. The lowest BCUT2D eigenvalue weighted by Crippen LogP contribution is -2.43. The molecule has 2 saturated heterocycles. The predicted molar refractivity (Wildman–Crippen MR) is 101 cm³/mol. The summed E-state index contributed by atoms with van der Waals surface area (Å²) in [5, 5.41) is 3.44. The standard InChI is InChI=1S/C20H31N5O/c26-19(15-24-9-3-1-2-4-10-24)25-11-7-18-17(14-25)13-22-20(23-18)16-6-5-8-21-12-16/h13,16,21H,1-12,14-15H2. The van der Waals surface area contributed by atoms with E-state index in [2.05, 4.69) is 15.2 Å². The maximum Gasteiger partial charge on any atom is 0.237 e. The van der Waals surface area contributed by atoms with Gasteiger partial charge in [0.05, 0.1) is 12.2 Å². The Hall–Kier alpha value is -1.53. The Balaban J connectivity index is 1.37. The number of hydrogen-bond acceptors (Lipinski definition) is 5. The molecule has 6 nitrogen and oxygen atoms in total. The molecule has 142 valence electrons. The second kappa shape index (κ2) is 8.44. The number of carbonyl (C=O) groups excluding carboxylic acids is 1. The number of carbonyl (C=O) groups is 1. The van der Waals surface area contributed by atoms with E-state index < -0.39 is 0 Å². The minimum atomic E-state index is 0.262. The largest absolute Gasteiger partial charge is 0.337 e. The van der Waals surface area contributed by atoms with Gasteiger partial charge in [0.15, 0.2) is 0 Å². The molecule has 0 spiro atoms. The van der Waals surface area contributed by atoms with E-state index in [4.69, 9.17) is 4.98 Å². The van der Waals surface area contributed by atoms with Crippen molar-refractivity contribution in [3.8, 4) is 0 Å². The molecule has 0 radical (unpaired) electrons. The van der Waals surface area contributed by atoms with Crippen LogP contribution in [-0.2, 0) is 17.8 Å². The number of hydrogen-bond donors (Lipinski definition) is 1. The third-order valence-electron chi connectivity index (χ3n) is 6.02. The van der Waals surface area contributed by atoms with Gasteiger partial charge in [-0.2, -0.15) is 0 Å². The normalized spacial score (nSPS) is 24.8. The summed E-state index contributed by atoms with van der Waals surface area (Å²) < 4.78 is 0. The number of nitrogens with zero attached hydrogens (tertiary/aromatic N) is 4. The van der Waals surface area contributed by atoms with E-state index >= 15 is 0 Å². The lowest BCUT2D eigenvalue weighted by Gasteiger charge is -2.31. The maximum atomic E-state index is 12.7. The quantitative estimate of drug-likeness (QED) is 0.892. The molecule has 3 aliphatic heterocycles.